The van der Waals surface area contributed by atoms with Crippen LogP contribution in [0.2, 0.25) is 0 Å². The van der Waals surface area contributed by atoms with E-state index in [2.05, 4.69) is 25.8 Å². The summed E-state index contributed by atoms with van der Waals surface area (Å²) >= 11 is 3.07. The van der Waals surface area contributed by atoms with E-state index in [4.69, 9.17) is 9.47 Å². The summed E-state index contributed by atoms with van der Waals surface area (Å²) in [5, 5.41) is 0. The zero-order valence-electron chi connectivity index (χ0n) is 13.6. The van der Waals surface area contributed by atoms with Crippen LogP contribution in [0.5, 0.6) is 5.75 Å². The van der Waals surface area contributed by atoms with E-state index in [1.165, 1.54) is 12.3 Å². The smallest absolute Gasteiger partial charge is 0.349 e. The first kappa shape index (κ1) is 18.1. The number of aromatic nitrogens is 1. The molecule has 1 aromatic rings. The topological polar surface area (TPSA) is 51.7 Å². The summed E-state index contributed by atoms with van der Waals surface area (Å²) in [5.41, 5.74) is -0.592. The fourth-order valence-electron chi connectivity index (χ4n) is 2.36. The van der Waals surface area contributed by atoms with Gasteiger partial charge in [0.25, 0.3) is 0 Å². The molecule has 0 bridgehead atoms. The summed E-state index contributed by atoms with van der Waals surface area (Å²) in [7, 11) is 0. The molecule has 1 aromatic heterocycles. The Hall–Kier alpha value is -1.21. The normalized spacial score (nSPS) is 17.1. The van der Waals surface area contributed by atoms with E-state index < -0.39 is 23.6 Å². The molecule has 23 heavy (non-hydrogen) atoms. The van der Waals surface area contributed by atoms with Crippen molar-refractivity contribution in [2.75, 3.05) is 19.6 Å². The summed E-state index contributed by atoms with van der Waals surface area (Å²) < 4.78 is 24.6. The van der Waals surface area contributed by atoms with Crippen molar-refractivity contribution in [1.29, 1.82) is 0 Å². The second-order valence-corrected chi connectivity index (χ2v) is 7.45. The van der Waals surface area contributed by atoms with Crippen LogP contribution < -0.4 is 4.74 Å². The number of carbonyl (C=O) groups excluding carboxylic acids is 1. The van der Waals surface area contributed by atoms with Crippen LogP contribution >= 0.6 is 15.9 Å². The minimum atomic E-state index is -0.772. The lowest BCUT2D eigenvalue weighted by molar-refractivity contribution is -0.164. The van der Waals surface area contributed by atoms with Crippen molar-refractivity contribution in [1.82, 2.24) is 9.88 Å². The molecule has 1 aliphatic heterocycles. The number of halogens is 2. The van der Waals surface area contributed by atoms with Crippen LogP contribution in [0.3, 0.4) is 0 Å². The molecule has 1 unspecified atom stereocenters. The highest BCUT2D eigenvalue weighted by Gasteiger charge is 2.30. The molecule has 2 heterocycles. The predicted octanol–water partition coefficient (Wildman–Crippen LogP) is 3.17. The number of likely N-dealkylation sites (tertiary alicyclic amines) is 1. The van der Waals surface area contributed by atoms with Crippen molar-refractivity contribution in [3.05, 3.63) is 22.7 Å². The molecule has 1 saturated heterocycles. The Kier molecular flexibility index (Phi) is 5.97. The lowest BCUT2D eigenvalue weighted by Crippen LogP contribution is -2.43. The third kappa shape index (κ3) is 5.73. The number of hydrogen-bond donors (Lipinski definition) is 0. The minimum absolute atomic E-state index is 0.194. The third-order valence-electron chi connectivity index (χ3n) is 3.34. The van der Waals surface area contributed by atoms with Crippen molar-refractivity contribution in [3.8, 4) is 5.75 Å². The highest BCUT2D eigenvalue weighted by molar-refractivity contribution is 9.10. The largest absolute Gasteiger partial charge is 0.476 e. The second kappa shape index (κ2) is 7.57. The Bertz CT molecular complexity index is 557. The van der Waals surface area contributed by atoms with Crippen molar-refractivity contribution < 1.29 is 18.7 Å². The molecule has 0 aromatic carbocycles. The van der Waals surface area contributed by atoms with Gasteiger partial charge in [-0.1, -0.05) is 0 Å². The molecule has 7 heteroatoms. The van der Waals surface area contributed by atoms with E-state index in [-0.39, 0.29) is 4.47 Å². The average molecular weight is 389 g/mol. The number of rotatable bonds is 5. The van der Waals surface area contributed by atoms with Crippen LogP contribution in [-0.2, 0) is 9.53 Å². The van der Waals surface area contributed by atoms with Gasteiger partial charge in [0.1, 0.15) is 11.4 Å². The number of pyridine rings is 1. The van der Waals surface area contributed by atoms with Gasteiger partial charge in [-0.3, -0.25) is 4.90 Å². The quantitative estimate of drug-likeness (QED) is 0.572. The zero-order chi connectivity index (χ0) is 17.0. The fourth-order valence-corrected chi connectivity index (χ4v) is 2.69. The highest BCUT2D eigenvalue weighted by atomic mass is 79.9. The van der Waals surface area contributed by atoms with Gasteiger partial charge in [-0.15, -0.1) is 0 Å². The van der Waals surface area contributed by atoms with E-state index in [0.717, 1.165) is 25.9 Å². The molecule has 0 saturated carbocycles. The lowest BCUT2D eigenvalue weighted by Gasteiger charge is -2.27. The van der Waals surface area contributed by atoms with Gasteiger partial charge >= 0.3 is 5.97 Å². The molecule has 0 amide bonds. The van der Waals surface area contributed by atoms with Gasteiger partial charge in [0, 0.05) is 12.6 Å². The van der Waals surface area contributed by atoms with Gasteiger partial charge in [-0.2, -0.15) is 4.39 Å². The summed E-state index contributed by atoms with van der Waals surface area (Å²) in [5.74, 6) is -0.719. The van der Waals surface area contributed by atoms with Crippen LogP contribution in [0, 0.1) is 5.95 Å². The van der Waals surface area contributed by atoms with Crippen LogP contribution in [0.15, 0.2) is 16.7 Å². The zero-order valence-corrected chi connectivity index (χ0v) is 15.2. The predicted molar refractivity (Wildman–Crippen MR) is 87.8 cm³/mol. The maximum atomic E-state index is 13.2. The van der Waals surface area contributed by atoms with Gasteiger partial charge in [-0.05, 0) is 62.6 Å². The van der Waals surface area contributed by atoms with Crippen LogP contribution in [0.1, 0.15) is 33.6 Å². The van der Waals surface area contributed by atoms with E-state index in [1.807, 2.05) is 20.8 Å². The van der Waals surface area contributed by atoms with Crippen LogP contribution in [0.25, 0.3) is 0 Å². The SMILES string of the molecule is CC(C)(C)OC(=O)C(CN1CCCC1)Oc1cnc(F)c(Br)c1. The van der Waals surface area contributed by atoms with Gasteiger partial charge in [0.2, 0.25) is 12.1 Å². The van der Waals surface area contributed by atoms with Crippen LogP contribution in [0.4, 0.5) is 4.39 Å². The Morgan fingerprint density at radius 1 is 1.43 bits per heavy atom. The number of hydrogen-bond acceptors (Lipinski definition) is 5. The first-order chi connectivity index (χ1) is 10.7. The molecule has 1 fully saturated rings. The molecule has 1 atom stereocenters. The molecule has 5 nitrogen and oxygen atoms in total. The van der Waals surface area contributed by atoms with E-state index in [1.54, 1.807) is 0 Å². The number of nitrogens with zero attached hydrogens (tertiary/aromatic N) is 2. The van der Waals surface area contributed by atoms with Crippen LogP contribution in [-0.4, -0.2) is 47.2 Å². The second-order valence-electron chi connectivity index (χ2n) is 6.59. The molecule has 0 radical (unpaired) electrons. The van der Waals surface area contributed by atoms with E-state index >= 15 is 0 Å². The maximum Gasteiger partial charge on any atom is 0.349 e. The highest BCUT2D eigenvalue weighted by Crippen LogP contribution is 2.22. The third-order valence-corrected chi connectivity index (χ3v) is 3.90. The standard InChI is InChI=1S/C16H22BrFN2O3/c1-16(2,3)23-15(21)13(10-20-6-4-5-7-20)22-11-8-12(17)14(18)19-9-11/h8-9,13H,4-7,10H2,1-3H3. The van der Waals surface area contributed by atoms with Crippen molar-refractivity contribution in [2.24, 2.45) is 0 Å². The number of ether oxygens (including phenoxy) is 2. The van der Waals surface area contributed by atoms with E-state index in [9.17, 15) is 9.18 Å². The van der Waals surface area contributed by atoms with E-state index in [0.29, 0.717) is 12.3 Å². The molecule has 1 aliphatic rings. The molecule has 128 valence electrons. The molecule has 2 rings (SSSR count). The van der Waals surface area contributed by atoms with Crippen molar-refractivity contribution in [3.63, 3.8) is 0 Å². The molecule has 0 N–H and O–H groups in total. The Morgan fingerprint density at radius 3 is 2.65 bits per heavy atom. The minimum Gasteiger partial charge on any atom is -0.476 e. The van der Waals surface area contributed by atoms with Gasteiger partial charge in [0.05, 0.1) is 10.7 Å². The van der Waals surface area contributed by atoms with Gasteiger partial charge in [-0.25, -0.2) is 9.78 Å². The fraction of sp³-hybridized carbons (Fsp3) is 0.625. The number of carbonyl (C=O) groups is 1. The van der Waals surface area contributed by atoms with Crippen molar-refractivity contribution in [2.45, 2.75) is 45.3 Å². The maximum absolute atomic E-state index is 13.2. The molecular weight excluding hydrogens is 367 g/mol. The summed E-state index contributed by atoms with van der Waals surface area (Å²) in [6.07, 6.45) is 2.73. The first-order valence-corrected chi connectivity index (χ1v) is 8.47. The first-order valence-electron chi connectivity index (χ1n) is 7.67. The molecule has 0 spiro atoms. The van der Waals surface area contributed by atoms with Crippen molar-refractivity contribution >= 4 is 21.9 Å². The Labute approximate surface area is 144 Å². The number of esters is 1. The molecular formula is C16H22BrFN2O3. The summed E-state index contributed by atoms with van der Waals surface area (Å²) in [6.45, 7) is 7.77. The summed E-state index contributed by atoms with van der Waals surface area (Å²) in [6, 6.07) is 1.46. The monoisotopic (exact) mass is 388 g/mol. The summed E-state index contributed by atoms with van der Waals surface area (Å²) in [4.78, 5) is 18.2. The Morgan fingerprint density at radius 2 is 2.09 bits per heavy atom. The average Bonchev–Trinajstić information content (AvgIpc) is 2.93. The Balaban J connectivity index is 2.10. The van der Waals surface area contributed by atoms with Gasteiger partial charge < -0.3 is 9.47 Å². The van der Waals surface area contributed by atoms with Gasteiger partial charge in [0.15, 0.2) is 0 Å². The molecule has 0 aliphatic carbocycles. The lowest BCUT2D eigenvalue weighted by atomic mass is 10.2.